The van der Waals surface area contributed by atoms with E-state index in [4.69, 9.17) is 5.73 Å². The summed E-state index contributed by atoms with van der Waals surface area (Å²) < 4.78 is 29.0. The fourth-order valence-corrected chi connectivity index (χ4v) is 4.96. The number of anilines is 3. The van der Waals surface area contributed by atoms with Crippen LogP contribution in [0.3, 0.4) is 0 Å². The van der Waals surface area contributed by atoms with E-state index in [1.54, 1.807) is 36.4 Å². The van der Waals surface area contributed by atoms with Gasteiger partial charge in [0.25, 0.3) is 10.0 Å². The number of rotatable bonds is 9. The molecule has 1 amide bonds. The van der Waals surface area contributed by atoms with Gasteiger partial charge in [-0.05, 0) is 55.8 Å². The first-order chi connectivity index (χ1) is 15.5. The highest BCUT2D eigenvalue weighted by atomic mass is 32.2. The quantitative estimate of drug-likeness (QED) is 0.431. The van der Waals surface area contributed by atoms with E-state index in [1.165, 1.54) is 0 Å². The first-order valence-electron chi connectivity index (χ1n) is 10.9. The molecule has 0 fully saturated rings. The van der Waals surface area contributed by atoms with E-state index in [0.29, 0.717) is 29.7 Å². The molecule has 0 heterocycles. The number of benzene rings is 3. The molecule has 176 valence electrons. The summed E-state index contributed by atoms with van der Waals surface area (Å²) >= 11 is 0. The molecule has 7 nitrogen and oxygen atoms in total. The van der Waals surface area contributed by atoms with Crippen molar-refractivity contribution < 1.29 is 13.2 Å². The van der Waals surface area contributed by atoms with Crippen LogP contribution in [0, 0.1) is 5.41 Å². The molecule has 0 radical (unpaired) electrons. The summed E-state index contributed by atoms with van der Waals surface area (Å²) in [6.45, 7) is 4.30. The zero-order valence-electron chi connectivity index (χ0n) is 19.6. The molecule has 4 N–H and O–H groups in total. The molecule has 3 rings (SSSR count). The number of nitrogens with two attached hydrogens (primary N) is 1. The number of carbonyl (C=O) groups excluding carboxylic acids is 1. The number of carbonyl (C=O) groups is 1. The van der Waals surface area contributed by atoms with E-state index >= 15 is 0 Å². The van der Waals surface area contributed by atoms with Gasteiger partial charge in [-0.1, -0.05) is 38.1 Å². The van der Waals surface area contributed by atoms with E-state index in [9.17, 15) is 13.2 Å². The molecule has 0 unspecified atom stereocenters. The van der Waals surface area contributed by atoms with Gasteiger partial charge in [0.05, 0.1) is 4.90 Å². The third kappa shape index (κ3) is 5.64. The molecule has 3 aromatic carbocycles. The monoisotopic (exact) mass is 468 g/mol. The van der Waals surface area contributed by atoms with Crippen molar-refractivity contribution in [3.8, 4) is 0 Å². The van der Waals surface area contributed by atoms with Crippen LogP contribution in [0.5, 0.6) is 0 Å². The lowest BCUT2D eigenvalue weighted by Crippen LogP contribution is -2.31. The van der Waals surface area contributed by atoms with Gasteiger partial charge in [0.1, 0.15) is 0 Å². The average Bonchev–Trinajstić information content (AvgIpc) is 2.77. The number of nitrogens with one attached hydrogen (secondary N) is 2. The number of amides is 1. The number of hydrogen-bond acceptors (Lipinski definition) is 5. The van der Waals surface area contributed by atoms with Crippen LogP contribution in [0.4, 0.5) is 17.1 Å². The van der Waals surface area contributed by atoms with Crippen LogP contribution in [-0.4, -0.2) is 35.0 Å². The summed E-state index contributed by atoms with van der Waals surface area (Å²) in [5, 5.41) is 4.41. The Hall–Kier alpha value is -3.10. The zero-order valence-corrected chi connectivity index (χ0v) is 20.4. The van der Waals surface area contributed by atoms with Crippen LogP contribution in [0.2, 0.25) is 0 Å². The Morgan fingerprint density at radius 1 is 0.939 bits per heavy atom. The second-order valence-electron chi connectivity index (χ2n) is 8.94. The maximum Gasteiger partial charge on any atom is 0.262 e. The molecule has 33 heavy (non-hydrogen) atoms. The van der Waals surface area contributed by atoms with E-state index in [1.807, 2.05) is 57.1 Å². The largest absolute Gasteiger partial charge is 0.377 e. The summed E-state index contributed by atoms with van der Waals surface area (Å²) in [5.41, 5.74) is 6.97. The van der Waals surface area contributed by atoms with E-state index in [-0.39, 0.29) is 10.8 Å². The van der Waals surface area contributed by atoms with Gasteiger partial charge in [-0.2, -0.15) is 0 Å². The minimum Gasteiger partial charge on any atom is -0.377 e. The number of hydrogen-bond donors (Lipinski definition) is 3. The van der Waals surface area contributed by atoms with Crippen molar-refractivity contribution >= 4 is 43.8 Å². The fraction of sp³-hybridized carbons (Fsp3) is 0.320. The third-order valence-corrected chi connectivity index (χ3v) is 7.09. The Morgan fingerprint density at radius 3 is 2.18 bits per heavy atom. The van der Waals surface area contributed by atoms with Crippen molar-refractivity contribution in [2.75, 3.05) is 35.6 Å². The lowest BCUT2D eigenvalue weighted by molar-refractivity contribution is -0.124. The molecule has 0 saturated heterocycles. The second kappa shape index (κ2) is 9.80. The SMILES string of the molecule is CN(C)c1cccc2c(S(=O)(=O)Nc3ccc(NC(=O)C(C)(C)CCCN)cc3)cccc12. The average molecular weight is 469 g/mol. The molecule has 0 aliphatic carbocycles. The van der Waals surface area contributed by atoms with Gasteiger partial charge >= 0.3 is 0 Å². The minimum absolute atomic E-state index is 0.100. The third-order valence-electron chi connectivity index (χ3n) is 5.65. The molecular weight excluding hydrogens is 436 g/mol. The van der Waals surface area contributed by atoms with Crippen molar-refractivity contribution in [3.63, 3.8) is 0 Å². The number of fused-ring (bicyclic) bond motifs is 1. The van der Waals surface area contributed by atoms with Crippen molar-refractivity contribution in [1.29, 1.82) is 0 Å². The van der Waals surface area contributed by atoms with E-state index in [2.05, 4.69) is 10.0 Å². The van der Waals surface area contributed by atoms with Crippen LogP contribution in [0.1, 0.15) is 26.7 Å². The Labute approximate surface area is 196 Å². The zero-order chi connectivity index (χ0) is 24.2. The minimum atomic E-state index is -3.82. The molecule has 8 heteroatoms. The molecule has 0 aliphatic heterocycles. The predicted molar refractivity (Wildman–Crippen MR) is 136 cm³/mol. The normalized spacial score (nSPS) is 11.9. The van der Waals surface area contributed by atoms with Crippen LogP contribution in [0.15, 0.2) is 65.6 Å². The molecule has 0 spiro atoms. The lowest BCUT2D eigenvalue weighted by Gasteiger charge is -2.23. The Kier molecular flexibility index (Phi) is 7.29. The van der Waals surface area contributed by atoms with Crippen molar-refractivity contribution in [3.05, 3.63) is 60.7 Å². The highest BCUT2D eigenvalue weighted by Crippen LogP contribution is 2.31. The molecule has 0 aromatic heterocycles. The Balaban J connectivity index is 1.80. The molecule has 3 aromatic rings. The molecule has 0 saturated carbocycles. The van der Waals surface area contributed by atoms with E-state index < -0.39 is 15.4 Å². The number of nitrogens with zero attached hydrogens (tertiary/aromatic N) is 1. The summed E-state index contributed by atoms with van der Waals surface area (Å²) in [5.74, 6) is -0.100. The molecular formula is C25H32N4O3S. The highest BCUT2D eigenvalue weighted by Gasteiger charge is 2.27. The van der Waals surface area contributed by atoms with Gasteiger partial charge in [-0.25, -0.2) is 8.42 Å². The van der Waals surface area contributed by atoms with Crippen molar-refractivity contribution in [2.24, 2.45) is 11.1 Å². The Morgan fingerprint density at radius 2 is 1.55 bits per heavy atom. The number of sulfonamides is 1. The predicted octanol–water partition coefficient (Wildman–Crippen LogP) is 4.41. The smallest absolute Gasteiger partial charge is 0.262 e. The van der Waals surface area contributed by atoms with Gasteiger partial charge in [0.2, 0.25) is 5.91 Å². The van der Waals surface area contributed by atoms with Gasteiger partial charge in [0.15, 0.2) is 0 Å². The van der Waals surface area contributed by atoms with Gasteiger partial charge < -0.3 is 16.0 Å². The van der Waals surface area contributed by atoms with Gasteiger partial charge in [-0.15, -0.1) is 0 Å². The molecule has 0 atom stereocenters. The summed E-state index contributed by atoms with van der Waals surface area (Å²) in [6.07, 6.45) is 1.46. The standard InChI is InChI=1S/C25H32N4O3S/c1-25(2,16-7-17-26)24(30)27-18-12-14-19(15-13-18)28-33(31,32)23-11-6-8-20-21(23)9-5-10-22(20)29(3)4/h5-6,8-15,28H,7,16-17,26H2,1-4H3,(H,27,30). The van der Waals surface area contributed by atoms with Gasteiger partial charge in [0, 0.05) is 47.3 Å². The second-order valence-corrected chi connectivity index (χ2v) is 10.6. The van der Waals surface area contributed by atoms with Crippen LogP contribution >= 0.6 is 0 Å². The fourth-order valence-electron chi connectivity index (χ4n) is 3.68. The van der Waals surface area contributed by atoms with Crippen LogP contribution in [-0.2, 0) is 14.8 Å². The first-order valence-corrected chi connectivity index (χ1v) is 12.4. The maximum atomic E-state index is 13.2. The highest BCUT2D eigenvalue weighted by molar-refractivity contribution is 7.93. The van der Waals surface area contributed by atoms with Gasteiger partial charge in [-0.3, -0.25) is 9.52 Å². The summed E-state index contributed by atoms with van der Waals surface area (Å²) in [6, 6.07) is 17.5. The topological polar surface area (TPSA) is 105 Å². The van der Waals surface area contributed by atoms with Crippen LogP contribution < -0.4 is 20.7 Å². The Bertz CT molecular complexity index is 1240. The lowest BCUT2D eigenvalue weighted by atomic mass is 9.86. The molecule has 0 aliphatic rings. The summed E-state index contributed by atoms with van der Waals surface area (Å²) in [7, 11) is 0.0294. The van der Waals surface area contributed by atoms with E-state index in [0.717, 1.165) is 17.5 Å². The van der Waals surface area contributed by atoms with Crippen LogP contribution in [0.25, 0.3) is 10.8 Å². The summed E-state index contributed by atoms with van der Waals surface area (Å²) in [4.78, 5) is 14.7. The molecule has 0 bridgehead atoms. The maximum absolute atomic E-state index is 13.2. The van der Waals surface area contributed by atoms with Crippen molar-refractivity contribution in [2.45, 2.75) is 31.6 Å². The van der Waals surface area contributed by atoms with Crippen molar-refractivity contribution in [1.82, 2.24) is 0 Å². The first kappa shape index (κ1) is 24.5.